The number of nitrogens with zero attached hydrogens (tertiary/aromatic N) is 1. The molecule has 166 valence electrons. The molecular formula is C22H27N3O6. The van der Waals surface area contributed by atoms with Crippen LogP contribution in [0.15, 0.2) is 41.0 Å². The lowest BCUT2D eigenvalue weighted by Crippen LogP contribution is -2.45. The second-order valence-electron chi connectivity index (χ2n) is 7.08. The first-order valence-corrected chi connectivity index (χ1v) is 10.2. The predicted molar refractivity (Wildman–Crippen MR) is 112 cm³/mol. The third kappa shape index (κ3) is 5.56. The Morgan fingerprint density at radius 2 is 2.03 bits per heavy atom. The van der Waals surface area contributed by atoms with Crippen molar-refractivity contribution in [1.82, 2.24) is 15.5 Å². The van der Waals surface area contributed by atoms with Crippen LogP contribution in [0.5, 0.6) is 11.5 Å². The van der Waals surface area contributed by atoms with E-state index in [0.29, 0.717) is 31.0 Å². The molecule has 3 amide bonds. The zero-order chi connectivity index (χ0) is 22.2. The largest absolute Gasteiger partial charge is 0.493 e. The molecule has 9 nitrogen and oxygen atoms in total. The molecule has 1 saturated heterocycles. The minimum atomic E-state index is -0.529. The highest BCUT2D eigenvalue weighted by Crippen LogP contribution is 2.28. The number of rotatable bonds is 9. The number of nitrogens with one attached hydrogen (secondary N) is 2. The highest BCUT2D eigenvalue weighted by atomic mass is 16.5. The van der Waals surface area contributed by atoms with E-state index in [1.165, 1.54) is 13.4 Å². The van der Waals surface area contributed by atoms with Gasteiger partial charge >= 0.3 is 0 Å². The minimum absolute atomic E-state index is 0.110. The van der Waals surface area contributed by atoms with Gasteiger partial charge < -0.3 is 29.4 Å². The van der Waals surface area contributed by atoms with Crippen LogP contribution >= 0.6 is 0 Å². The summed E-state index contributed by atoms with van der Waals surface area (Å²) in [4.78, 5) is 38.4. The maximum Gasteiger partial charge on any atom is 0.290 e. The number of likely N-dealkylation sites (tertiary alicyclic amines) is 1. The van der Waals surface area contributed by atoms with Crippen molar-refractivity contribution in [3.8, 4) is 11.5 Å². The van der Waals surface area contributed by atoms with Crippen LogP contribution in [-0.2, 0) is 16.1 Å². The number of likely N-dealkylation sites (N-methyl/N-ethyl adjacent to an activating group) is 1. The van der Waals surface area contributed by atoms with Crippen molar-refractivity contribution >= 4 is 17.7 Å². The van der Waals surface area contributed by atoms with E-state index in [-0.39, 0.29) is 36.6 Å². The van der Waals surface area contributed by atoms with Gasteiger partial charge in [-0.25, -0.2) is 0 Å². The molecule has 2 heterocycles. The monoisotopic (exact) mass is 429 g/mol. The van der Waals surface area contributed by atoms with Crippen molar-refractivity contribution in [1.29, 1.82) is 0 Å². The van der Waals surface area contributed by atoms with Crippen LogP contribution < -0.4 is 20.1 Å². The van der Waals surface area contributed by atoms with Crippen LogP contribution in [0.2, 0.25) is 0 Å². The number of methoxy groups -OCH3 is 1. The van der Waals surface area contributed by atoms with E-state index in [9.17, 15) is 14.4 Å². The molecule has 31 heavy (non-hydrogen) atoms. The molecule has 1 aliphatic rings. The van der Waals surface area contributed by atoms with E-state index in [1.807, 2.05) is 6.92 Å². The molecule has 0 spiro atoms. The first-order chi connectivity index (χ1) is 15.0. The van der Waals surface area contributed by atoms with E-state index in [1.54, 1.807) is 35.2 Å². The molecular weight excluding hydrogens is 402 g/mol. The van der Waals surface area contributed by atoms with Gasteiger partial charge in [-0.1, -0.05) is 6.07 Å². The summed E-state index contributed by atoms with van der Waals surface area (Å²) in [5.41, 5.74) is 0.803. The molecule has 0 radical (unpaired) electrons. The van der Waals surface area contributed by atoms with E-state index < -0.39 is 6.04 Å². The second kappa shape index (κ2) is 10.5. The van der Waals surface area contributed by atoms with Crippen LogP contribution in [0, 0.1) is 0 Å². The summed E-state index contributed by atoms with van der Waals surface area (Å²) in [5, 5.41) is 5.54. The highest BCUT2D eigenvalue weighted by Gasteiger charge is 2.35. The number of amides is 3. The van der Waals surface area contributed by atoms with Crippen molar-refractivity contribution in [2.24, 2.45) is 0 Å². The van der Waals surface area contributed by atoms with Gasteiger partial charge in [0.2, 0.25) is 5.91 Å². The molecule has 1 aromatic carbocycles. The molecule has 1 atom stereocenters. The maximum atomic E-state index is 12.7. The Morgan fingerprint density at radius 3 is 2.74 bits per heavy atom. The number of furan rings is 1. The van der Waals surface area contributed by atoms with Crippen LogP contribution in [-0.4, -0.2) is 55.5 Å². The van der Waals surface area contributed by atoms with Gasteiger partial charge in [0.25, 0.3) is 11.8 Å². The summed E-state index contributed by atoms with van der Waals surface area (Å²) in [5.74, 6) is 0.422. The first kappa shape index (κ1) is 22.2. The summed E-state index contributed by atoms with van der Waals surface area (Å²) >= 11 is 0. The number of hydrogen-bond donors (Lipinski definition) is 2. The Kier molecular flexibility index (Phi) is 7.53. The third-order valence-corrected chi connectivity index (χ3v) is 4.98. The fourth-order valence-electron chi connectivity index (χ4n) is 3.46. The summed E-state index contributed by atoms with van der Waals surface area (Å²) in [6, 6.07) is 7.94. The van der Waals surface area contributed by atoms with Crippen molar-refractivity contribution in [3.05, 3.63) is 47.9 Å². The smallest absolute Gasteiger partial charge is 0.290 e. The molecule has 1 aliphatic heterocycles. The van der Waals surface area contributed by atoms with Crippen LogP contribution in [0.1, 0.15) is 35.9 Å². The molecule has 1 aromatic heterocycles. The number of hydrogen-bond acceptors (Lipinski definition) is 6. The summed E-state index contributed by atoms with van der Waals surface area (Å²) in [6.45, 7) is 3.04. The van der Waals surface area contributed by atoms with Gasteiger partial charge in [-0.05, 0) is 49.6 Å². The fraction of sp³-hybridized carbons (Fsp3) is 0.409. The predicted octanol–water partition coefficient (Wildman–Crippen LogP) is 1.72. The average Bonchev–Trinajstić information content (AvgIpc) is 3.48. The number of carbonyl (C=O) groups is 3. The topological polar surface area (TPSA) is 110 Å². The van der Waals surface area contributed by atoms with Crippen molar-refractivity contribution in [2.45, 2.75) is 32.4 Å². The molecule has 1 unspecified atom stereocenters. The van der Waals surface area contributed by atoms with Crippen molar-refractivity contribution < 1.29 is 28.3 Å². The van der Waals surface area contributed by atoms with Gasteiger partial charge in [0.1, 0.15) is 6.04 Å². The molecule has 3 rings (SSSR count). The standard InChI is InChI=1S/C22H27N3O6/c1-3-23-20(26)14-31-17-9-8-15(12-19(17)29-2)13-24-21(27)16-6-4-10-25(16)22(28)18-7-5-11-30-18/h5,7-9,11-12,16H,3-4,6,10,13-14H2,1-2H3,(H,23,26)(H,24,27). The van der Waals surface area contributed by atoms with Gasteiger partial charge in [0.05, 0.1) is 13.4 Å². The number of ether oxygens (including phenoxy) is 2. The normalized spacial score (nSPS) is 15.4. The summed E-state index contributed by atoms with van der Waals surface area (Å²) in [6.07, 6.45) is 2.81. The summed E-state index contributed by atoms with van der Waals surface area (Å²) in [7, 11) is 1.51. The molecule has 0 bridgehead atoms. The first-order valence-electron chi connectivity index (χ1n) is 10.2. The lowest BCUT2D eigenvalue weighted by Gasteiger charge is -2.23. The van der Waals surface area contributed by atoms with Crippen molar-refractivity contribution in [3.63, 3.8) is 0 Å². The quantitative estimate of drug-likeness (QED) is 0.628. The number of carbonyl (C=O) groups excluding carboxylic acids is 3. The highest BCUT2D eigenvalue weighted by molar-refractivity contribution is 5.96. The SMILES string of the molecule is CCNC(=O)COc1ccc(CNC(=O)C2CCCN2C(=O)c2ccco2)cc1OC. The van der Waals surface area contributed by atoms with Crippen LogP contribution in [0.3, 0.4) is 0 Å². The Balaban J connectivity index is 1.58. The van der Waals surface area contributed by atoms with Crippen LogP contribution in [0.4, 0.5) is 0 Å². The van der Waals surface area contributed by atoms with Gasteiger partial charge in [0, 0.05) is 19.6 Å². The van der Waals surface area contributed by atoms with Crippen LogP contribution in [0.25, 0.3) is 0 Å². The third-order valence-electron chi connectivity index (χ3n) is 4.98. The Morgan fingerprint density at radius 1 is 1.19 bits per heavy atom. The van der Waals surface area contributed by atoms with E-state index in [4.69, 9.17) is 13.9 Å². The Labute approximate surface area is 180 Å². The second-order valence-corrected chi connectivity index (χ2v) is 7.08. The number of benzene rings is 1. The molecule has 0 aliphatic carbocycles. The van der Waals surface area contributed by atoms with Gasteiger partial charge in [-0.2, -0.15) is 0 Å². The minimum Gasteiger partial charge on any atom is -0.493 e. The lowest BCUT2D eigenvalue weighted by molar-refractivity contribution is -0.125. The van der Waals surface area contributed by atoms with Crippen molar-refractivity contribution in [2.75, 3.05) is 26.8 Å². The maximum absolute atomic E-state index is 12.7. The fourth-order valence-corrected chi connectivity index (χ4v) is 3.46. The lowest BCUT2D eigenvalue weighted by atomic mass is 10.1. The van der Waals surface area contributed by atoms with Gasteiger partial charge in [0.15, 0.2) is 23.9 Å². The molecule has 2 N–H and O–H groups in total. The van der Waals surface area contributed by atoms with E-state index in [0.717, 1.165) is 12.0 Å². The Bertz CT molecular complexity index is 912. The average molecular weight is 429 g/mol. The summed E-state index contributed by atoms with van der Waals surface area (Å²) < 4.78 is 16.0. The molecule has 0 saturated carbocycles. The van der Waals surface area contributed by atoms with Gasteiger partial charge in [-0.15, -0.1) is 0 Å². The molecule has 9 heteroatoms. The molecule has 1 fully saturated rings. The van der Waals surface area contributed by atoms with E-state index in [2.05, 4.69) is 10.6 Å². The van der Waals surface area contributed by atoms with E-state index >= 15 is 0 Å². The zero-order valence-electron chi connectivity index (χ0n) is 17.7. The molecule has 2 aromatic rings. The zero-order valence-corrected chi connectivity index (χ0v) is 17.7. The Hall–Kier alpha value is -3.49. The van der Waals surface area contributed by atoms with Gasteiger partial charge in [-0.3, -0.25) is 14.4 Å².